The number of hydrogen-bond donors (Lipinski definition) is 2. The van der Waals surface area contributed by atoms with E-state index in [1.54, 1.807) is 6.20 Å². The zero-order valence-electron chi connectivity index (χ0n) is 2.96. The Morgan fingerprint density at radius 3 is 2.83 bits per heavy atom. The summed E-state index contributed by atoms with van der Waals surface area (Å²) >= 11 is 3.16. The van der Waals surface area contributed by atoms with Gasteiger partial charge in [0.2, 0.25) is 0 Å². The minimum absolute atomic E-state index is 0.919. The lowest BCUT2D eigenvalue weighted by atomic mass is 10.7. The highest BCUT2D eigenvalue weighted by molar-refractivity contribution is 9.11. The van der Waals surface area contributed by atoms with Crippen molar-refractivity contribution < 1.29 is 0 Å². The van der Waals surface area contributed by atoms with Crippen LogP contribution >= 0.6 is 15.9 Å². The molecule has 0 aromatic heterocycles. The van der Waals surface area contributed by atoms with Crippen molar-refractivity contribution in [1.82, 2.24) is 10.9 Å². The van der Waals surface area contributed by atoms with E-state index in [4.69, 9.17) is 0 Å². The average Bonchev–Trinajstić information content (AvgIpc) is 1.86. The van der Waals surface area contributed by atoms with Crippen molar-refractivity contribution in [3.63, 3.8) is 0 Å². The first kappa shape index (κ1) is 4.15. The van der Waals surface area contributed by atoms with E-state index in [0.29, 0.717) is 0 Å². The lowest BCUT2D eigenvalue weighted by Crippen LogP contribution is -2.16. The van der Waals surface area contributed by atoms with Gasteiger partial charge in [-0.2, -0.15) is 0 Å². The highest BCUT2D eigenvalue weighted by atomic mass is 79.9. The first-order valence-electron chi connectivity index (χ1n) is 1.52. The maximum atomic E-state index is 3.16. The van der Waals surface area contributed by atoms with E-state index < -0.39 is 0 Å². The van der Waals surface area contributed by atoms with Crippen LogP contribution in [0.4, 0.5) is 0 Å². The zero-order valence-corrected chi connectivity index (χ0v) is 4.54. The lowest BCUT2D eigenvalue weighted by Gasteiger charge is -1.82. The monoisotopic (exact) mass is 146 g/mol. The SMILES string of the molecule is BrC1=CNN[C]1. The average molecular weight is 147 g/mol. The van der Waals surface area contributed by atoms with Gasteiger partial charge in [-0.3, -0.25) is 0 Å². The van der Waals surface area contributed by atoms with Crippen LogP contribution < -0.4 is 10.9 Å². The molecule has 0 saturated carbocycles. The molecule has 1 rings (SSSR count). The fourth-order valence-electron chi connectivity index (χ4n) is 0.231. The summed E-state index contributed by atoms with van der Waals surface area (Å²) in [5, 5.41) is 0. The Morgan fingerprint density at radius 1 is 1.83 bits per heavy atom. The molecule has 2 radical (unpaired) electrons. The summed E-state index contributed by atoms with van der Waals surface area (Å²) in [7, 11) is 0. The Morgan fingerprint density at radius 2 is 2.67 bits per heavy atom. The summed E-state index contributed by atoms with van der Waals surface area (Å²) in [6.45, 7) is 2.74. The van der Waals surface area contributed by atoms with Crippen molar-refractivity contribution in [1.29, 1.82) is 0 Å². The van der Waals surface area contributed by atoms with Crippen molar-refractivity contribution in [3.8, 4) is 0 Å². The van der Waals surface area contributed by atoms with Gasteiger partial charge in [-0.05, 0) is 0 Å². The fraction of sp³-hybridized carbons (Fsp3) is 0. The van der Waals surface area contributed by atoms with E-state index >= 15 is 0 Å². The Bertz CT molecular complexity index is 78.9. The maximum absolute atomic E-state index is 3.16. The molecule has 0 bridgehead atoms. The minimum Gasteiger partial charge on any atom is -0.327 e. The Balaban J connectivity index is 2.45. The molecule has 2 nitrogen and oxygen atoms in total. The van der Waals surface area contributed by atoms with E-state index in [2.05, 4.69) is 33.3 Å². The van der Waals surface area contributed by atoms with Crippen LogP contribution in [0.3, 0.4) is 0 Å². The van der Waals surface area contributed by atoms with Gasteiger partial charge in [-0.15, -0.1) is 0 Å². The van der Waals surface area contributed by atoms with E-state index in [-0.39, 0.29) is 0 Å². The van der Waals surface area contributed by atoms with Crippen LogP contribution in [0.2, 0.25) is 0 Å². The summed E-state index contributed by atoms with van der Waals surface area (Å²) in [6.07, 6.45) is 1.76. The van der Waals surface area contributed by atoms with Crippen LogP contribution in [-0.2, 0) is 0 Å². The van der Waals surface area contributed by atoms with Crippen LogP contribution in [0.15, 0.2) is 10.7 Å². The van der Waals surface area contributed by atoms with Gasteiger partial charge in [-0.25, -0.2) is 5.43 Å². The molecule has 0 spiro atoms. The quantitative estimate of drug-likeness (QED) is 0.517. The molecule has 3 heteroatoms. The lowest BCUT2D eigenvalue weighted by molar-refractivity contribution is 0.781. The fourth-order valence-corrected chi connectivity index (χ4v) is 0.445. The smallest absolute Gasteiger partial charge is 0.123 e. The van der Waals surface area contributed by atoms with Gasteiger partial charge >= 0.3 is 0 Å². The molecule has 0 saturated heterocycles. The van der Waals surface area contributed by atoms with Gasteiger partial charge in [-0.1, -0.05) is 15.9 Å². The third kappa shape index (κ3) is 0.725. The maximum Gasteiger partial charge on any atom is 0.123 e. The second-order valence-electron chi connectivity index (χ2n) is 0.887. The number of halogens is 1. The van der Waals surface area contributed by atoms with Gasteiger partial charge in [0, 0.05) is 10.7 Å². The molecule has 0 atom stereocenters. The van der Waals surface area contributed by atoms with Crippen molar-refractivity contribution >= 4 is 15.9 Å². The second kappa shape index (κ2) is 1.62. The number of rotatable bonds is 0. The summed E-state index contributed by atoms with van der Waals surface area (Å²) < 4.78 is 0.919. The molecular formula is C3H3BrN2. The topological polar surface area (TPSA) is 24.1 Å². The molecule has 0 unspecified atom stereocenters. The highest BCUT2D eigenvalue weighted by Gasteiger charge is 1.96. The Kier molecular flexibility index (Phi) is 1.12. The molecule has 1 heterocycles. The van der Waals surface area contributed by atoms with Crippen LogP contribution in [0.1, 0.15) is 0 Å². The highest BCUT2D eigenvalue weighted by Crippen LogP contribution is 2.06. The molecule has 6 heavy (non-hydrogen) atoms. The van der Waals surface area contributed by atoms with Gasteiger partial charge in [0.1, 0.15) is 6.54 Å². The predicted octanol–water partition coefficient (Wildman–Crippen LogP) is 0.369. The minimum atomic E-state index is 0.919. The normalized spacial score (nSPS) is 19.8. The summed E-state index contributed by atoms with van der Waals surface area (Å²) in [5.41, 5.74) is 5.33. The van der Waals surface area contributed by atoms with E-state index in [1.807, 2.05) is 0 Å². The number of hydrogen-bond acceptors (Lipinski definition) is 2. The van der Waals surface area contributed by atoms with Crippen LogP contribution in [0.5, 0.6) is 0 Å². The van der Waals surface area contributed by atoms with Crippen molar-refractivity contribution in [3.05, 3.63) is 17.2 Å². The summed E-state index contributed by atoms with van der Waals surface area (Å²) in [5.74, 6) is 0. The molecule has 0 amide bonds. The number of nitrogens with one attached hydrogen (secondary N) is 2. The molecule has 2 N–H and O–H groups in total. The molecule has 1 aliphatic heterocycles. The van der Waals surface area contributed by atoms with Crippen LogP contribution in [0, 0.1) is 6.54 Å². The van der Waals surface area contributed by atoms with Crippen LogP contribution in [-0.4, -0.2) is 0 Å². The van der Waals surface area contributed by atoms with Gasteiger partial charge in [0.15, 0.2) is 0 Å². The molecule has 0 aromatic carbocycles. The number of hydrazine groups is 1. The molecule has 0 fully saturated rings. The molecule has 32 valence electrons. The third-order valence-corrected chi connectivity index (χ3v) is 0.880. The van der Waals surface area contributed by atoms with Crippen molar-refractivity contribution in [2.45, 2.75) is 0 Å². The third-order valence-electron chi connectivity index (χ3n) is 0.453. The van der Waals surface area contributed by atoms with E-state index in [0.717, 1.165) is 4.48 Å². The van der Waals surface area contributed by atoms with Gasteiger partial charge in [0.05, 0.1) is 0 Å². The Hall–Kier alpha value is -0.0200. The first-order chi connectivity index (χ1) is 2.89. The largest absolute Gasteiger partial charge is 0.327 e. The summed E-state index contributed by atoms with van der Waals surface area (Å²) in [6, 6.07) is 0. The van der Waals surface area contributed by atoms with Gasteiger partial charge < -0.3 is 5.43 Å². The second-order valence-corrected chi connectivity index (χ2v) is 1.74. The Labute approximate surface area is 44.7 Å². The zero-order chi connectivity index (χ0) is 4.41. The molecule has 0 aromatic rings. The van der Waals surface area contributed by atoms with Crippen LogP contribution in [0.25, 0.3) is 0 Å². The first-order valence-corrected chi connectivity index (χ1v) is 2.31. The molecular weight excluding hydrogens is 144 g/mol. The molecule has 1 aliphatic rings. The summed E-state index contributed by atoms with van der Waals surface area (Å²) in [4.78, 5) is 0. The van der Waals surface area contributed by atoms with Crippen molar-refractivity contribution in [2.75, 3.05) is 0 Å². The van der Waals surface area contributed by atoms with E-state index in [1.165, 1.54) is 0 Å². The van der Waals surface area contributed by atoms with E-state index in [9.17, 15) is 0 Å². The molecule has 0 aliphatic carbocycles. The van der Waals surface area contributed by atoms with Gasteiger partial charge in [0.25, 0.3) is 0 Å². The standard InChI is InChI=1S/C3H3BrN2/c4-3-1-5-6-2-3/h1,5-6H. The van der Waals surface area contributed by atoms with Crippen molar-refractivity contribution in [2.24, 2.45) is 0 Å². The predicted molar refractivity (Wildman–Crippen MR) is 26.5 cm³/mol.